The summed E-state index contributed by atoms with van der Waals surface area (Å²) in [5, 5.41) is 5.10. The molecule has 1 aromatic rings. The molecule has 0 spiro atoms. The van der Waals surface area contributed by atoms with Crippen molar-refractivity contribution >= 4 is 21.9 Å². The van der Waals surface area contributed by atoms with E-state index in [4.69, 9.17) is 9.88 Å². The number of hydrogen-bond acceptors (Lipinski definition) is 5. The SMILES string of the molecule is CCN(C(=O)COC(=O)c1cc(S(N)(=O)=O)ccc1C)C1CCCCC1. The van der Waals surface area contributed by atoms with Crippen molar-refractivity contribution in [3.63, 3.8) is 0 Å². The molecule has 1 aliphatic rings. The van der Waals surface area contributed by atoms with E-state index in [1.165, 1.54) is 24.6 Å². The van der Waals surface area contributed by atoms with Crippen LogP contribution in [0.4, 0.5) is 0 Å². The number of esters is 1. The van der Waals surface area contributed by atoms with E-state index in [9.17, 15) is 18.0 Å². The number of likely N-dealkylation sites (N-methyl/N-ethyl adjacent to an activating group) is 1. The van der Waals surface area contributed by atoms with Crippen LogP contribution in [0.3, 0.4) is 0 Å². The number of hydrogen-bond donors (Lipinski definition) is 1. The predicted molar refractivity (Wildman–Crippen MR) is 97.1 cm³/mol. The lowest BCUT2D eigenvalue weighted by Gasteiger charge is -2.33. The Balaban J connectivity index is 2.04. The normalized spacial score (nSPS) is 15.5. The van der Waals surface area contributed by atoms with Crippen LogP contribution in [0.15, 0.2) is 23.1 Å². The van der Waals surface area contributed by atoms with Crippen molar-refractivity contribution in [2.75, 3.05) is 13.2 Å². The van der Waals surface area contributed by atoms with Gasteiger partial charge in [-0.1, -0.05) is 25.3 Å². The summed E-state index contributed by atoms with van der Waals surface area (Å²) in [5.74, 6) is -0.964. The summed E-state index contributed by atoms with van der Waals surface area (Å²) in [6.45, 7) is 3.78. The van der Waals surface area contributed by atoms with Crippen molar-refractivity contribution in [2.45, 2.75) is 56.9 Å². The molecule has 2 N–H and O–H groups in total. The number of nitrogens with two attached hydrogens (primary N) is 1. The zero-order valence-corrected chi connectivity index (χ0v) is 16.0. The van der Waals surface area contributed by atoms with Crippen molar-refractivity contribution in [2.24, 2.45) is 5.14 Å². The number of nitrogens with zero attached hydrogens (tertiary/aromatic N) is 1. The van der Waals surface area contributed by atoms with Gasteiger partial charge in [0.05, 0.1) is 10.5 Å². The van der Waals surface area contributed by atoms with Crippen LogP contribution in [0.1, 0.15) is 54.9 Å². The number of primary sulfonamides is 1. The molecule has 7 nitrogen and oxygen atoms in total. The van der Waals surface area contributed by atoms with Gasteiger partial charge in [-0.05, 0) is 44.4 Å². The molecule has 0 bridgehead atoms. The minimum absolute atomic E-state index is 0.0880. The largest absolute Gasteiger partial charge is 0.452 e. The van der Waals surface area contributed by atoms with Crippen LogP contribution < -0.4 is 5.14 Å². The van der Waals surface area contributed by atoms with Crippen LogP contribution >= 0.6 is 0 Å². The maximum absolute atomic E-state index is 12.5. The van der Waals surface area contributed by atoms with Gasteiger partial charge in [-0.2, -0.15) is 0 Å². The Hall–Kier alpha value is -1.93. The molecule has 144 valence electrons. The van der Waals surface area contributed by atoms with Crippen LogP contribution in [-0.2, 0) is 19.6 Å². The Bertz CT molecular complexity index is 770. The molecule has 0 aliphatic heterocycles. The first-order valence-electron chi connectivity index (χ1n) is 8.84. The van der Waals surface area contributed by atoms with Crippen LogP contribution in [0.25, 0.3) is 0 Å². The first kappa shape index (κ1) is 20.4. The predicted octanol–water partition coefficient (Wildman–Crippen LogP) is 1.98. The van der Waals surface area contributed by atoms with Gasteiger partial charge >= 0.3 is 5.97 Å². The molecule has 0 aromatic heterocycles. The second-order valence-corrected chi connectivity index (χ2v) is 8.13. The second-order valence-electron chi connectivity index (χ2n) is 6.57. The minimum atomic E-state index is -3.92. The molecule has 1 amide bonds. The fourth-order valence-electron chi connectivity index (χ4n) is 3.32. The van der Waals surface area contributed by atoms with Crippen LogP contribution in [0.5, 0.6) is 0 Å². The third kappa shape index (κ3) is 5.04. The van der Waals surface area contributed by atoms with Gasteiger partial charge in [0.1, 0.15) is 0 Å². The molecular formula is C18H26N2O5S. The summed E-state index contributed by atoms with van der Waals surface area (Å²) in [7, 11) is -3.92. The highest BCUT2D eigenvalue weighted by Crippen LogP contribution is 2.23. The highest BCUT2D eigenvalue weighted by atomic mass is 32.2. The number of sulfonamides is 1. The molecule has 0 atom stereocenters. The Morgan fingerprint density at radius 1 is 1.23 bits per heavy atom. The maximum Gasteiger partial charge on any atom is 0.338 e. The van der Waals surface area contributed by atoms with E-state index in [-0.39, 0.29) is 29.0 Å². The zero-order valence-electron chi connectivity index (χ0n) is 15.2. The molecule has 0 heterocycles. The van der Waals surface area contributed by atoms with Crippen LogP contribution in [0, 0.1) is 6.92 Å². The number of benzene rings is 1. The number of rotatable bonds is 6. The molecule has 1 saturated carbocycles. The molecule has 26 heavy (non-hydrogen) atoms. The van der Waals surface area contributed by atoms with E-state index in [1.807, 2.05) is 6.92 Å². The molecule has 2 rings (SSSR count). The number of carbonyl (C=O) groups is 2. The van der Waals surface area contributed by atoms with E-state index >= 15 is 0 Å². The zero-order chi connectivity index (χ0) is 19.3. The van der Waals surface area contributed by atoms with Gasteiger partial charge in [-0.25, -0.2) is 18.4 Å². The fourth-order valence-corrected chi connectivity index (χ4v) is 3.86. The Labute approximate surface area is 154 Å². The first-order chi connectivity index (χ1) is 12.2. The molecule has 1 aromatic carbocycles. The van der Waals surface area contributed by atoms with Crippen molar-refractivity contribution in [3.8, 4) is 0 Å². The van der Waals surface area contributed by atoms with E-state index in [0.29, 0.717) is 12.1 Å². The van der Waals surface area contributed by atoms with Gasteiger partial charge in [-0.15, -0.1) is 0 Å². The summed E-state index contributed by atoms with van der Waals surface area (Å²) in [6.07, 6.45) is 5.35. The van der Waals surface area contributed by atoms with E-state index in [1.54, 1.807) is 11.8 Å². The molecule has 1 aliphatic carbocycles. The smallest absolute Gasteiger partial charge is 0.338 e. The van der Waals surface area contributed by atoms with Crippen LogP contribution in [0.2, 0.25) is 0 Å². The summed E-state index contributed by atoms with van der Waals surface area (Å²) >= 11 is 0. The van der Waals surface area contributed by atoms with Gasteiger partial charge in [0, 0.05) is 12.6 Å². The molecule has 0 unspecified atom stereocenters. The van der Waals surface area contributed by atoms with Crippen molar-refractivity contribution in [3.05, 3.63) is 29.3 Å². The first-order valence-corrected chi connectivity index (χ1v) is 10.4. The van der Waals surface area contributed by atoms with Crippen molar-refractivity contribution in [1.82, 2.24) is 4.90 Å². The number of ether oxygens (including phenoxy) is 1. The lowest BCUT2D eigenvalue weighted by molar-refractivity contribution is -0.137. The van der Waals surface area contributed by atoms with E-state index in [0.717, 1.165) is 25.7 Å². The van der Waals surface area contributed by atoms with Gasteiger partial charge in [0.25, 0.3) is 5.91 Å². The maximum atomic E-state index is 12.5. The highest BCUT2D eigenvalue weighted by Gasteiger charge is 2.25. The molecule has 0 saturated heterocycles. The average molecular weight is 382 g/mol. The molecule has 8 heteroatoms. The van der Waals surface area contributed by atoms with Crippen molar-refractivity contribution in [1.29, 1.82) is 0 Å². The Morgan fingerprint density at radius 3 is 2.46 bits per heavy atom. The van der Waals surface area contributed by atoms with Crippen molar-refractivity contribution < 1.29 is 22.7 Å². The number of carbonyl (C=O) groups excluding carboxylic acids is 2. The summed E-state index contributed by atoms with van der Waals surface area (Å²) in [6, 6.07) is 4.19. The summed E-state index contributed by atoms with van der Waals surface area (Å²) in [5.41, 5.74) is 0.638. The van der Waals surface area contributed by atoms with Gasteiger partial charge < -0.3 is 9.64 Å². The van der Waals surface area contributed by atoms with Crippen LogP contribution in [-0.4, -0.2) is 44.4 Å². The minimum Gasteiger partial charge on any atom is -0.452 e. The number of aryl methyl sites for hydroxylation is 1. The summed E-state index contributed by atoms with van der Waals surface area (Å²) < 4.78 is 28.1. The quantitative estimate of drug-likeness (QED) is 0.757. The van der Waals surface area contributed by atoms with Gasteiger partial charge in [0.15, 0.2) is 6.61 Å². The van der Waals surface area contributed by atoms with Gasteiger partial charge in [-0.3, -0.25) is 4.79 Å². The molecule has 1 fully saturated rings. The third-order valence-corrected chi connectivity index (χ3v) is 5.67. The third-order valence-electron chi connectivity index (χ3n) is 4.76. The lowest BCUT2D eigenvalue weighted by atomic mass is 9.94. The fraction of sp³-hybridized carbons (Fsp3) is 0.556. The highest BCUT2D eigenvalue weighted by molar-refractivity contribution is 7.89. The molecule has 0 radical (unpaired) electrons. The van der Waals surface area contributed by atoms with E-state index in [2.05, 4.69) is 0 Å². The number of amides is 1. The average Bonchev–Trinajstić information content (AvgIpc) is 2.60. The monoisotopic (exact) mass is 382 g/mol. The van der Waals surface area contributed by atoms with Gasteiger partial charge in [0.2, 0.25) is 10.0 Å². The lowest BCUT2D eigenvalue weighted by Crippen LogP contribution is -2.43. The topological polar surface area (TPSA) is 107 Å². The standard InChI is InChI=1S/C18H26N2O5S/c1-3-20(14-7-5-4-6-8-14)17(21)12-25-18(22)16-11-15(26(19,23)24)10-9-13(16)2/h9-11,14H,3-8,12H2,1-2H3,(H2,19,23,24). The second kappa shape index (κ2) is 8.64. The summed E-state index contributed by atoms with van der Waals surface area (Å²) in [4.78, 5) is 26.4. The van der Waals surface area contributed by atoms with E-state index < -0.39 is 16.0 Å². The Kier molecular flexibility index (Phi) is 6.77. The Morgan fingerprint density at radius 2 is 1.88 bits per heavy atom. The molecular weight excluding hydrogens is 356 g/mol.